The Kier molecular flexibility index (Phi) is 5.47. The summed E-state index contributed by atoms with van der Waals surface area (Å²) in [4.78, 5) is 17.2. The number of rotatable bonds is 4. The van der Waals surface area contributed by atoms with Crippen LogP contribution in [0.25, 0.3) is 5.69 Å². The van der Waals surface area contributed by atoms with Crippen LogP contribution in [0.5, 0.6) is 0 Å². The summed E-state index contributed by atoms with van der Waals surface area (Å²) in [5, 5.41) is 4.55. The number of hydrogen-bond acceptors (Lipinski definition) is 3. The van der Waals surface area contributed by atoms with E-state index in [1.54, 1.807) is 0 Å². The van der Waals surface area contributed by atoms with Crippen molar-refractivity contribution in [3.8, 4) is 5.69 Å². The van der Waals surface area contributed by atoms with Crippen LogP contribution < -0.4 is 0 Å². The van der Waals surface area contributed by atoms with Crippen LogP contribution in [-0.4, -0.2) is 58.2 Å². The molecule has 0 radical (unpaired) electrons. The fourth-order valence-electron chi connectivity index (χ4n) is 3.24. The molecule has 26 heavy (non-hydrogen) atoms. The van der Waals surface area contributed by atoms with Gasteiger partial charge in [-0.25, -0.2) is 4.68 Å². The minimum Gasteiger partial charge on any atom is -0.335 e. The van der Waals surface area contributed by atoms with E-state index in [9.17, 15) is 4.79 Å². The van der Waals surface area contributed by atoms with Gasteiger partial charge in [-0.15, -0.1) is 0 Å². The average Bonchev–Trinajstić information content (AvgIpc) is 3.02. The fourth-order valence-corrected chi connectivity index (χ4v) is 3.24. The Labute approximate surface area is 156 Å². The van der Waals surface area contributed by atoms with Crippen LogP contribution in [0.4, 0.5) is 0 Å². The van der Waals surface area contributed by atoms with Crippen molar-refractivity contribution in [2.75, 3.05) is 32.7 Å². The van der Waals surface area contributed by atoms with E-state index in [0.717, 1.165) is 44.1 Å². The molecule has 2 aromatic rings. The van der Waals surface area contributed by atoms with E-state index in [2.05, 4.69) is 30.8 Å². The van der Waals surface area contributed by atoms with Gasteiger partial charge in [-0.05, 0) is 43.5 Å². The summed E-state index contributed by atoms with van der Waals surface area (Å²) in [5.41, 5.74) is 2.85. The molecule has 0 bridgehead atoms. The second kappa shape index (κ2) is 7.62. The molecule has 0 unspecified atom stereocenters. The highest BCUT2D eigenvalue weighted by Gasteiger charge is 2.25. The normalized spacial score (nSPS) is 16.1. The number of para-hydroxylation sites is 1. The number of hydrogen-bond donors (Lipinski definition) is 0. The van der Waals surface area contributed by atoms with Crippen LogP contribution in [0.1, 0.15) is 43.4 Å². The molecule has 0 spiro atoms. The third-order valence-corrected chi connectivity index (χ3v) is 4.94. The Morgan fingerprint density at radius 2 is 1.73 bits per heavy atom. The Bertz CT molecular complexity index is 737. The first-order valence-corrected chi connectivity index (χ1v) is 9.47. The minimum atomic E-state index is 0.0400. The molecule has 1 aliphatic rings. The van der Waals surface area contributed by atoms with Gasteiger partial charge in [-0.3, -0.25) is 9.69 Å². The van der Waals surface area contributed by atoms with Crippen LogP contribution in [-0.2, 0) is 0 Å². The third-order valence-electron chi connectivity index (χ3n) is 4.94. The van der Waals surface area contributed by atoms with Gasteiger partial charge in [0.15, 0.2) is 5.69 Å². The Morgan fingerprint density at radius 3 is 2.35 bits per heavy atom. The van der Waals surface area contributed by atoms with E-state index in [1.807, 2.05) is 52.9 Å². The van der Waals surface area contributed by atoms with E-state index < -0.39 is 0 Å². The maximum Gasteiger partial charge on any atom is 0.274 e. The van der Waals surface area contributed by atoms with Gasteiger partial charge < -0.3 is 4.90 Å². The standard InChI is InChI=1S/C21H30N4O/c1-17-16-19(22-25(17)18-8-6-5-7-9-18)20(26)24-14-12-23(13-15-24)11-10-21(2,3)4/h5-9,16H,10-15H2,1-4H3. The molecule has 0 atom stereocenters. The molecule has 1 aromatic carbocycles. The quantitative estimate of drug-likeness (QED) is 0.845. The summed E-state index contributed by atoms with van der Waals surface area (Å²) in [5.74, 6) is 0.0400. The van der Waals surface area contributed by atoms with Gasteiger partial charge in [0.05, 0.1) is 5.69 Å². The van der Waals surface area contributed by atoms with E-state index in [4.69, 9.17) is 0 Å². The Balaban J connectivity index is 1.61. The summed E-state index contributed by atoms with van der Waals surface area (Å²) in [6.45, 7) is 13.4. The van der Waals surface area contributed by atoms with Gasteiger partial charge in [-0.1, -0.05) is 39.0 Å². The van der Waals surface area contributed by atoms with Crippen molar-refractivity contribution in [2.45, 2.75) is 34.1 Å². The Morgan fingerprint density at radius 1 is 1.08 bits per heavy atom. The van der Waals surface area contributed by atoms with Crippen LogP contribution in [0.3, 0.4) is 0 Å². The third kappa shape index (κ3) is 4.52. The maximum absolute atomic E-state index is 12.9. The lowest BCUT2D eigenvalue weighted by Crippen LogP contribution is -2.49. The molecule has 5 nitrogen and oxygen atoms in total. The van der Waals surface area contributed by atoms with Crippen LogP contribution in [0.2, 0.25) is 0 Å². The van der Waals surface area contributed by atoms with Gasteiger partial charge in [0.1, 0.15) is 0 Å². The molecule has 0 saturated carbocycles. The number of carbonyl (C=O) groups is 1. The van der Waals surface area contributed by atoms with Crippen molar-refractivity contribution in [3.05, 3.63) is 47.8 Å². The van der Waals surface area contributed by atoms with Crippen LogP contribution in [0, 0.1) is 12.3 Å². The minimum absolute atomic E-state index is 0.0400. The summed E-state index contributed by atoms with van der Waals surface area (Å²) in [6, 6.07) is 11.8. The number of carbonyl (C=O) groups excluding carboxylic acids is 1. The molecule has 0 N–H and O–H groups in total. The molecule has 1 aliphatic heterocycles. The van der Waals surface area contributed by atoms with Gasteiger partial charge in [-0.2, -0.15) is 5.10 Å². The number of amides is 1. The zero-order valence-electron chi connectivity index (χ0n) is 16.4. The van der Waals surface area contributed by atoms with E-state index in [1.165, 1.54) is 6.42 Å². The fraction of sp³-hybridized carbons (Fsp3) is 0.524. The number of aromatic nitrogens is 2. The molecular weight excluding hydrogens is 324 g/mol. The summed E-state index contributed by atoms with van der Waals surface area (Å²) in [6.07, 6.45) is 1.18. The van der Waals surface area contributed by atoms with E-state index in [-0.39, 0.29) is 5.91 Å². The van der Waals surface area contributed by atoms with Crippen molar-refractivity contribution in [2.24, 2.45) is 5.41 Å². The monoisotopic (exact) mass is 354 g/mol. The Hall–Kier alpha value is -2.14. The first-order valence-electron chi connectivity index (χ1n) is 9.47. The number of aryl methyl sites for hydroxylation is 1. The van der Waals surface area contributed by atoms with E-state index >= 15 is 0 Å². The average molecular weight is 354 g/mol. The number of nitrogens with zero attached hydrogens (tertiary/aromatic N) is 4. The zero-order chi connectivity index (χ0) is 18.7. The molecule has 1 fully saturated rings. The van der Waals surface area contributed by atoms with Crippen LogP contribution in [0.15, 0.2) is 36.4 Å². The maximum atomic E-state index is 12.9. The highest BCUT2D eigenvalue weighted by Crippen LogP contribution is 2.20. The smallest absolute Gasteiger partial charge is 0.274 e. The topological polar surface area (TPSA) is 41.4 Å². The van der Waals surface area contributed by atoms with Crippen molar-refractivity contribution >= 4 is 5.91 Å². The molecule has 140 valence electrons. The molecule has 2 heterocycles. The first-order chi connectivity index (χ1) is 12.3. The first kappa shape index (κ1) is 18.6. The molecule has 1 saturated heterocycles. The molecule has 1 aromatic heterocycles. The van der Waals surface area contributed by atoms with Gasteiger partial charge >= 0.3 is 0 Å². The summed E-state index contributed by atoms with van der Waals surface area (Å²) < 4.78 is 1.84. The lowest BCUT2D eigenvalue weighted by molar-refractivity contribution is 0.0617. The van der Waals surface area contributed by atoms with Gasteiger partial charge in [0.2, 0.25) is 0 Å². The van der Waals surface area contributed by atoms with Crippen molar-refractivity contribution in [1.82, 2.24) is 19.6 Å². The van der Waals surface area contributed by atoms with Crippen LogP contribution >= 0.6 is 0 Å². The summed E-state index contributed by atoms with van der Waals surface area (Å²) in [7, 11) is 0. The number of benzene rings is 1. The molecule has 3 rings (SSSR count). The predicted molar refractivity (Wildman–Crippen MR) is 105 cm³/mol. The highest BCUT2D eigenvalue weighted by atomic mass is 16.2. The van der Waals surface area contributed by atoms with Gasteiger partial charge in [0.25, 0.3) is 5.91 Å². The lowest BCUT2D eigenvalue weighted by Gasteiger charge is -2.35. The second-order valence-electron chi connectivity index (χ2n) is 8.36. The zero-order valence-corrected chi connectivity index (χ0v) is 16.4. The molecular formula is C21H30N4O. The second-order valence-corrected chi connectivity index (χ2v) is 8.36. The largest absolute Gasteiger partial charge is 0.335 e. The lowest BCUT2D eigenvalue weighted by atomic mass is 9.92. The number of piperazine rings is 1. The highest BCUT2D eigenvalue weighted by molar-refractivity contribution is 5.92. The van der Waals surface area contributed by atoms with Crippen molar-refractivity contribution in [3.63, 3.8) is 0 Å². The molecule has 0 aliphatic carbocycles. The summed E-state index contributed by atoms with van der Waals surface area (Å²) >= 11 is 0. The van der Waals surface area contributed by atoms with Crippen molar-refractivity contribution < 1.29 is 4.79 Å². The molecule has 5 heteroatoms. The molecule has 1 amide bonds. The predicted octanol–water partition coefficient (Wildman–Crippen LogP) is 3.37. The van der Waals surface area contributed by atoms with Crippen molar-refractivity contribution in [1.29, 1.82) is 0 Å². The van der Waals surface area contributed by atoms with E-state index in [0.29, 0.717) is 11.1 Å². The SMILES string of the molecule is Cc1cc(C(=O)N2CCN(CCC(C)(C)C)CC2)nn1-c1ccccc1. The van der Waals surface area contributed by atoms with Gasteiger partial charge in [0, 0.05) is 31.9 Å².